The monoisotopic (exact) mass is 1430 g/mol. The van der Waals surface area contributed by atoms with E-state index >= 15 is 24.0 Å². The number of carbonyl (C=O) groups is 11. The summed E-state index contributed by atoms with van der Waals surface area (Å²) >= 11 is 0. The number of ketones is 1. The summed E-state index contributed by atoms with van der Waals surface area (Å²) in [5.74, 6) is -10.4. The van der Waals surface area contributed by atoms with E-state index in [1.165, 1.54) is 85.7 Å². The van der Waals surface area contributed by atoms with E-state index < -0.39 is 188 Å². The first-order valence-corrected chi connectivity index (χ1v) is 42.0. The van der Waals surface area contributed by atoms with E-state index in [0.29, 0.717) is 0 Å². The first-order valence-electron chi connectivity index (χ1n) is 36.2. The van der Waals surface area contributed by atoms with Crippen molar-refractivity contribution in [3.05, 3.63) is 0 Å². The summed E-state index contributed by atoms with van der Waals surface area (Å²) in [6, 6.07) is -11.3. The highest BCUT2D eigenvalue weighted by molar-refractivity contribution is 6.74. The highest BCUT2D eigenvalue weighted by atomic mass is 28.4. The lowest BCUT2D eigenvalue weighted by atomic mass is 9.91. The molecule has 1 aliphatic heterocycles. The first-order chi connectivity index (χ1) is 45.0. The number of aliphatic hydroxyl groups is 1. The summed E-state index contributed by atoms with van der Waals surface area (Å²) in [6.45, 7) is 47.9. The average molecular weight is 1440 g/mol. The lowest BCUT2D eigenvalue weighted by Crippen LogP contribution is -2.66. The van der Waals surface area contributed by atoms with Crippen molar-refractivity contribution >= 4 is 81.5 Å². The Balaban J connectivity index is 4.81. The number of rotatable bonds is 19. The highest BCUT2D eigenvalue weighted by Gasteiger charge is 2.51. The molecular weight excluding hydrogens is 1300 g/mol. The van der Waals surface area contributed by atoms with Crippen LogP contribution in [0.4, 0.5) is 0 Å². The molecule has 1 aliphatic rings. The van der Waals surface area contributed by atoms with Gasteiger partial charge in [0.1, 0.15) is 48.3 Å². The minimum absolute atomic E-state index is 0.131. The van der Waals surface area contributed by atoms with Crippen molar-refractivity contribution in [1.29, 1.82) is 0 Å². The fourth-order valence-electron chi connectivity index (χ4n) is 12.2. The third-order valence-electron chi connectivity index (χ3n) is 20.7. The molecule has 572 valence electrons. The highest BCUT2D eigenvalue weighted by Crippen LogP contribution is 2.41. The van der Waals surface area contributed by atoms with Gasteiger partial charge in [-0.1, -0.05) is 138 Å². The van der Waals surface area contributed by atoms with Crippen LogP contribution in [0.1, 0.15) is 191 Å². The molecule has 13 atom stereocenters. The summed E-state index contributed by atoms with van der Waals surface area (Å²) in [4.78, 5) is 175. The second-order valence-electron chi connectivity index (χ2n) is 34.1. The van der Waals surface area contributed by atoms with Crippen LogP contribution in [0.2, 0.25) is 36.3 Å². The molecule has 24 nitrogen and oxygen atoms in total. The summed E-state index contributed by atoms with van der Waals surface area (Å²) < 4.78 is 14.2. The zero-order valence-corrected chi connectivity index (χ0v) is 69.5. The van der Waals surface area contributed by atoms with Crippen LogP contribution in [0.3, 0.4) is 0 Å². The molecule has 0 saturated carbocycles. The molecule has 0 bridgehead atoms. The number of nitrogens with one attached hydrogen (secondary N) is 3. The SMILES string of the molecule is CC(C)C[C@@H]1C(=O)N(C)[C@H](CC(C)C)C(=O)N(C)[C@H](C(C)C)C(=O)N(C)[C@H]([C@H](O[Si](C)(C)C(C)(C)C)[C@H](C)CCO)C(=O)N[C@H]([C@@H](C)O[Si](C)(C)C(C)(C)C)C(=O)N(C)CC(=O)N(C)[C@@H](CC(C)C)C(=O)N[C@H](C(C)C)C(=O)N(C)[C@H](CC(C)C)C(=O)N[C@H](C)C(=O)C[C@@H](C)C(=O)N1C. The number of nitrogens with zero attached hydrogens (tertiary/aromatic N) is 7. The maximum atomic E-state index is 16.2. The number of hydrogen-bond acceptors (Lipinski definition) is 14. The Bertz CT molecular complexity index is 2750. The predicted molar refractivity (Wildman–Crippen MR) is 395 cm³/mol. The number of Topliss-reactive ketones (excluding diaryl/α,β-unsaturated/α-hetero) is 1. The molecule has 10 amide bonds. The van der Waals surface area contributed by atoms with Crippen molar-refractivity contribution in [2.24, 2.45) is 47.3 Å². The van der Waals surface area contributed by atoms with Gasteiger partial charge in [0.2, 0.25) is 59.1 Å². The fourth-order valence-corrected chi connectivity index (χ4v) is 15.0. The normalized spacial score (nSPS) is 25.9. The summed E-state index contributed by atoms with van der Waals surface area (Å²) in [7, 11) is 4.50. The minimum Gasteiger partial charge on any atom is -0.412 e. The quantitative estimate of drug-likeness (QED) is 0.0898. The van der Waals surface area contributed by atoms with Crippen LogP contribution in [-0.2, 0) is 61.6 Å². The molecule has 0 aromatic rings. The van der Waals surface area contributed by atoms with Crippen molar-refractivity contribution in [3.8, 4) is 0 Å². The van der Waals surface area contributed by atoms with Gasteiger partial charge >= 0.3 is 0 Å². The van der Waals surface area contributed by atoms with Crippen molar-refractivity contribution < 1.29 is 66.7 Å². The van der Waals surface area contributed by atoms with Crippen LogP contribution in [0, 0.1) is 47.3 Å². The Morgan fingerprint density at radius 2 is 0.838 bits per heavy atom. The van der Waals surface area contributed by atoms with E-state index in [9.17, 15) is 33.9 Å². The molecule has 0 unspecified atom stereocenters. The van der Waals surface area contributed by atoms with Gasteiger partial charge in [-0.2, -0.15) is 0 Å². The Morgan fingerprint density at radius 3 is 1.26 bits per heavy atom. The van der Waals surface area contributed by atoms with Gasteiger partial charge in [0.05, 0.1) is 24.8 Å². The van der Waals surface area contributed by atoms with E-state index in [-0.39, 0.29) is 68.8 Å². The lowest BCUT2D eigenvalue weighted by molar-refractivity contribution is -0.157. The predicted octanol–water partition coefficient (Wildman–Crippen LogP) is 7.81. The summed E-state index contributed by atoms with van der Waals surface area (Å²) in [5.41, 5.74) is 0. The number of amides is 10. The molecule has 1 rings (SSSR count). The third kappa shape index (κ3) is 25.3. The smallest absolute Gasteiger partial charge is 0.248 e. The standard InChI is InChI=1S/C73H138N10O14Si2/c1-42(2)36-52-64(88)75-58(46(9)10)70(94)79(25)53(37-43(3)4)63(87)74-50(15)56(85)40-49(14)66(90)80(26)54(38-44(5)6)67(91)81(27)55(39-45(7)8)68(92)82(28)60(47(11)12)71(95)83(29)61(62(48(13)34-35-84)97-99(32,33)73(20,21)22)65(89)76-59(51(16)96-98(30,31)72(17,18)19)69(93)77(23)41-57(86)78(52)24/h42-55,58-62,84H,34-41H2,1-33H3,(H,74,87)(H,75,88)(H,76,89)/t48-,49-,50-,51-,52+,53-,54-,55-,58-,59-,60-,61-,62-/m1/s1. The molecule has 1 saturated heterocycles. The molecule has 4 N–H and O–H groups in total. The molecule has 26 heteroatoms. The van der Waals surface area contributed by atoms with Crippen molar-refractivity contribution in [3.63, 3.8) is 0 Å². The van der Waals surface area contributed by atoms with E-state index in [2.05, 4.69) is 16.0 Å². The fraction of sp³-hybridized carbons (Fsp3) is 0.849. The van der Waals surface area contributed by atoms with E-state index in [1.807, 2.05) is 130 Å². The molecule has 0 aromatic heterocycles. The molecule has 0 spiro atoms. The van der Waals surface area contributed by atoms with E-state index in [4.69, 9.17) is 8.85 Å². The third-order valence-corrected chi connectivity index (χ3v) is 29.8. The van der Waals surface area contributed by atoms with Crippen LogP contribution in [0.5, 0.6) is 0 Å². The van der Waals surface area contributed by atoms with Crippen molar-refractivity contribution in [2.75, 3.05) is 62.5 Å². The van der Waals surface area contributed by atoms with Gasteiger partial charge in [-0.15, -0.1) is 0 Å². The van der Waals surface area contributed by atoms with Gasteiger partial charge in [0.25, 0.3) is 0 Å². The van der Waals surface area contributed by atoms with Gasteiger partial charge in [0, 0.05) is 68.3 Å². The van der Waals surface area contributed by atoms with E-state index in [1.54, 1.807) is 41.5 Å². The van der Waals surface area contributed by atoms with Crippen LogP contribution in [0.15, 0.2) is 0 Å². The second-order valence-corrected chi connectivity index (χ2v) is 43.6. The van der Waals surface area contributed by atoms with Gasteiger partial charge in [-0.25, -0.2) is 0 Å². The number of hydrogen-bond donors (Lipinski definition) is 4. The Kier molecular flexibility index (Phi) is 35.4. The maximum Gasteiger partial charge on any atom is 0.248 e. The van der Waals surface area contributed by atoms with Crippen molar-refractivity contribution in [2.45, 2.75) is 294 Å². The molecular formula is C73H138N10O14Si2. The Hall–Kier alpha value is -5.32. The topological polar surface area (TPSA) is 285 Å². The number of likely N-dealkylation sites (N-methyl/N-ethyl adjacent to an activating group) is 7. The van der Waals surface area contributed by atoms with Crippen LogP contribution in [0.25, 0.3) is 0 Å². The Morgan fingerprint density at radius 1 is 0.455 bits per heavy atom. The molecule has 1 fully saturated rings. The van der Waals surface area contributed by atoms with Gasteiger partial charge < -0.3 is 64.2 Å². The van der Waals surface area contributed by atoms with Crippen LogP contribution < -0.4 is 16.0 Å². The zero-order valence-electron chi connectivity index (χ0n) is 67.5. The van der Waals surface area contributed by atoms with Gasteiger partial charge in [-0.05, 0) is 124 Å². The minimum atomic E-state index is -2.93. The second kappa shape index (κ2) is 38.3. The Labute approximate surface area is 599 Å². The lowest BCUT2D eigenvalue weighted by Gasteiger charge is -2.46. The summed E-state index contributed by atoms with van der Waals surface area (Å²) in [5, 5.41) is 18.5. The van der Waals surface area contributed by atoms with Crippen molar-refractivity contribution in [1.82, 2.24) is 50.2 Å². The summed E-state index contributed by atoms with van der Waals surface area (Å²) in [6.07, 6.45) is -1.78. The molecule has 0 radical (unpaired) electrons. The number of aliphatic hydroxyl groups excluding tert-OH is 1. The molecule has 0 aliphatic carbocycles. The molecule has 0 aromatic carbocycles. The maximum absolute atomic E-state index is 16.2. The van der Waals surface area contributed by atoms with Gasteiger partial charge in [-0.3, -0.25) is 52.7 Å². The zero-order chi connectivity index (χ0) is 77.6. The van der Waals surface area contributed by atoms with Crippen LogP contribution in [-0.4, -0.2) is 250 Å². The number of carbonyl (C=O) groups excluding carboxylic acids is 11. The van der Waals surface area contributed by atoms with Gasteiger partial charge in [0.15, 0.2) is 22.4 Å². The largest absolute Gasteiger partial charge is 0.412 e. The van der Waals surface area contributed by atoms with Crippen LogP contribution >= 0.6 is 0 Å². The van der Waals surface area contributed by atoms with E-state index in [0.717, 1.165) is 4.90 Å². The first kappa shape index (κ1) is 91.7. The molecule has 1 heterocycles. The molecule has 99 heavy (non-hydrogen) atoms. The average Bonchev–Trinajstić information content (AvgIpc) is 0.783.